The third-order valence-corrected chi connectivity index (χ3v) is 2.49. The van der Waals surface area contributed by atoms with Crippen LogP contribution in [0.15, 0.2) is 29.4 Å². The maximum absolute atomic E-state index is 11.7. The van der Waals surface area contributed by atoms with Gasteiger partial charge in [-0.1, -0.05) is 17.2 Å². The van der Waals surface area contributed by atoms with Gasteiger partial charge in [-0.3, -0.25) is 4.79 Å². The topological polar surface area (TPSA) is 95.4 Å². The van der Waals surface area contributed by atoms with Crippen LogP contribution in [0.3, 0.4) is 0 Å². The summed E-state index contributed by atoms with van der Waals surface area (Å²) in [6.45, 7) is 0.432. The Morgan fingerprint density at radius 2 is 2.11 bits per heavy atom. The second kappa shape index (κ2) is 5.20. The molecule has 0 atom stereocenters. The fourth-order valence-corrected chi connectivity index (χ4v) is 1.59. The van der Waals surface area contributed by atoms with Gasteiger partial charge in [0.25, 0.3) is 5.91 Å². The van der Waals surface area contributed by atoms with E-state index in [1.807, 2.05) is 0 Å². The molecule has 0 aromatic heterocycles. The van der Waals surface area contributed by atoms with E-state index in [2.05, 4.69) is 10.0 Å². The van der Waals surface area contributed by atoms with Gasteiger partial charge in [0.15, 0.2) is 0 Å². The van der Waals surface area contributed by atoms with Gasteiger partial charge in [0.2, 0.25) is 0 Å². The minimum absolute atomic E-state index is 0.186. The summed E-state index contributed by atoms with van der Waals surface area (Å²) in [4.78, 5) is 30.6. The molecular weight excluding hydrogens is 236 g/mol. The highest BCUT2D eigenvalue weighted by molar-refractivity contribution is 5.91. The average molecular weight is 246 g/mol. The number of hydroxylamine groups is 2. The zero-order valence-corrected chi connectivity index (χ0v) is 9.44. The van der Waals surface area contributed by atoms with Gasteiger partial charge in [0.05, 0.1) is 12.1 Å². The van der Waals surface area contributed by atoms with Gasteiger partial charge in [-0.25, -0.2) is 4.79 Å². The van der Waals surface area contributed by atoms with Crippen LogP contribution in [0.4, 0.5) is 5.69 Å². The molecule has 1 aromatic rings. The normalized spacial score (nSPS) is 14.2. The number of carbonyl (C=O) groups is 2. The van der Waals surface area contributed by atoms with Crippen LogP contribution in [0.25, 0.3) is 10.4 Å². The molecule has 1 heterocycles. The Balaban J connectivity index is 2.04. The number of carbonyl (C=O) groups excluding carboxylic acids is 2. The molecule has 0 aliphatic carbocycles. The fraction of sp³-hybridized carbons (Fsp3) is 0.273. The van der Waals surface area contributed by atoms with Crippen molar-refractivity contribution in [3.63, 3.8) is 0 Å². The first kappa shape index (κ1) is 11.9. The molecule has 0 bridgehead atoms. The first-order valence-electron chi connectivity index (χ1n) is 5.38. The highest BCUT2D eigenvalue weighted by Gasteiger charge is 2.24. The highest BCUT2D eigenvalue weighted by Crippen LogP contribution is 2.16. The third kappa shape index (κ3) is 2.58. The number of hydrogen-bond acceptors (Lipinski definition) is 4. The SMILES string of the molecule is [N-]=[N+]=Nc1ccc(C(=O)ON2CCCC2=O)cc1. The summed E-state index contributed by atoms with van der Waals surface area (Å²) >= 11 is 0. The number of nitrogens with zero attached hydrogens (tertiary/aromatic N) is 4. The Kier molecular flexibility index (Phi) is 3.45. The number of benzene rings is 1. The van der Waals surface area contributed by atoms with E-state index in [1.54, 1.807) is 0 Å². The Morgan fingerprint density at radius 1 is 1.39 bits per heavy atom. The molecule has 1 amide bonds. The largest absolute Gasteiger partial charge is 0.363 e. The van der Waals surface area contributed by atoms with Crippen LogP contribution in [0, 0.1) is 0 Å². The maximum atomic E-state index is 11.7. The molecule has 1 saturated heterocycles. The van der Waals surface area contributed by atoms with Crippen molar-refractivity contribution in [3.8, 4) is 0 Å². The summed E-state index contributed by atoms with van der Waals surface area (Å²) < 4.78 is 0. The molecule has 1 aliphatic rings. The van der Waals surface area contributed by atoms with E-state index >= 15 is 0 Å². The van der Waals surface area contributed by atoms with E-state index in [9.17, 15) is 9.59 Å². The summed E-state index contributed by atoms with van der Waals surface area (Å²) in [5.74, 6) is -0.785. The molecular formula is C11H10N4O3. The Bertz CT molecular complexity index is 520. The molecule has 1 aromatic carbocycles. The maximum Gasteiger partial charge on any atom is 0.363 e. The Hall–Kier alpha value is -2.53. The fourth-order valence-electron chi connectivity index (χ4n) is 1.59. The Morgan fingerprint density at radius 3 is 2.67 bits per heavy atom. The van der Waals surface area contributed by atoms with Gasteiger partial charge in [0.1, 0.15) is 0 Å². The first-order chi connectivity index (χ1) is 8.70. The van der Waals surface area contributed by atoms with Crippen molar-refractivity contribution in [2.75, 3.05) is 6.54 Å². The van der Waals surface area contributed by atoms with E-state index in [0.29, 0.717) is 30.6 Å². The second-order valence-electron chi connectivity index (χ2n) is 3.71. The monoisotopic (exact) mass is 246 g/mol. The molecule has 92 valence electrons. The summed E-state index contributed by atoms with van der Waals surface area (Å²) in [6, 6.07) is 5.96. The van der Waals surface area contributed by atoms with Crippen LogP contribution in [-0.4, -0.2) is 23.5 Å². The van der Waals surface area contributed by atoms with Crippen LogP contribution in [-0.2, 0) is 9.63 Å². The predicted molar refractivity (Wildman–Crippen MR) is 61.6 cm³/mol. The van der Waals surface area contributed by atoms with Crippen LogP contribution in [0.2, 0.25) is 0 Å². The van der Waals surface area contributed by atoms with Crippen molar-refractivity contribution in [2.24, 2.45) is 5.11 Å². The van der Waals surface area contributed by atoms with Crippen LogP contribution < -0.4 is 0 Å². The van der Waals surface area contributed by atoms with E-state index in [0.717, 1.165) is 5.06 Å². The van der Waals surface area contributed by atoms with Gasteiger partial charge < -0.3 is 4.84 Å². The summed E-state index contributed by atoms with van der Waals surface area (Å²) in [6.07, 6.45) is 1.10. The lowest BCUT2D eigenvalue weighted by Gasteiger charge is -2.14. The molecule has 18 heavy (non-hydrogen) atoms. The average Bonchev–Trinajstić information content (AvgIpc) is 2.76. The zero-order valence-electron chi connectivity index (χ0n) is 9.44. The van der Waals surface area contributed by atoms with Crippen molar-refractivity contribution in [1.29, 1.82) is 0 Å². The smallest absolute Gasteiger partial charge is 0.333 e. The van der Waals surface area contributed by atoms with Gasteiger partial charge in [0, 0.05) is 17.0 Å². The molecule has 1 aliphatic heterocycles. The highest BCUT2D eigenvalue weighted by atomic mass is 16.7. The lowest BCUT2D eigenvalue weighted by Crippen LogP contribution is -2.28. The van der Waals surface area contributed by atoms with Crippen LogP contribution in [0.5, 0.6) is 0 Å². The summed E-state index contributed by atoms with van der Waals surface area (Å²) in [5, 5.41) is 4.46. The zero-order chi connectivity index (χ0) is 13.0. The van der Waals surface area contributed by atoms with Gasteiger partial charge in [-0.05, 0) is 24.1 Å². The van der Waals surface area contributed by atoms with Crippen molar-refractivity contribution in [3.05, 3.63) is 40.3 Å². The minimum atomic E-state index is -0.599. The molecule has 1 fully saturated rings. The van der Waals surface area contributed by atoms with Crippen LogP contribution in [0.1, 0.15) is 23.2 Å². The molecule has 7 nitrogen and oxygen atoms in total. The van der Waals surface area contributed by atoms with Crippen LogP contribution >= 0.6 is 0 Å². The number of hydrogen-bond donors (Lipinski definition) is 0. The lowest BCUT2D eigenvalue weighted by molar-refractivity contribution is -0.159. The van der Waals surface area contributed by atoms with E-state index < -0.39 is 5.97 Å². The minimum Gasteiger partial charge on any atom is -0.333 e. The number of azide groups is 1. The van der Waals surface area contributed by atoms with Gasteiger partial charge >= 0.3 is 5.97 Å². The second-order valence-corrected chi connectivity index (χ2v) is 3.71. The van der Waals surface area contributed by atoms with Crippen molar-refractivity contribution < 1.29 is 14.4 Å². The lowest BCUT2D eigenvalue weighted by atomic mass is 10.2. The summed E-state index contributed by atoms with van der Waals surface area (Å²) in [7, 11) is 0. The summed E-state index contributed by atoms with van der Waals surface area (Å²) in [5.41, 5.74) is 8.95. The van der Waals surface area contributed by atoms with Gasteiger partial charge in [-0.2, -0.15) is 5.06 Å². The Labute approximate surface area is 103 Å². The van der Waals surface area contributed by atoms with E-state index in [-0.39, 0.29) is 5.91 Å². The first-order valence-corrected chi connectivity index (χ1v) is 5.38. The standard InChI is InChI=1S/C11H10N4O3/c12-14-13-9-5-3-8(4-6-9)11(17)18-15-7-1-2-10(15)16/h3-6H,1-2,7H2. The van der Waals surface area contributed by atoms with Crippen molar-refractivity contribution in [2.45, 2.75) is 12.8 Å². The molecule has 0 saturated carbocycles. The molecule has 0 radical (unpaired) electrons. The molecule has 0 unspecified atom stereocenters. The van der Waals surface area contributed by atoms with E-state index in [4.69, 9.17) is 10.4 Å². The van der Waals surface area contributed by atoms with Gasteiger partial charge in [-0.15, -0.1) is 0 Å². The predicted octanol–water partition coefficient (Wildman–Crippen LogP) is 2.32. The van der Waals surface area contributed by atoms with E-state index in [1.165, 1.54) is 24.3 Å². The number of amides is 1. The third-order valence-electron chi connectivity index (χ3n) is 2.49. The quantitative estimate of drug-likeness (QED) is 0.465. The molecule has 0 spiro atoms. The number of rotatable bonds is 3. The molecule has 7 heteroatoms. The van der Waals surface area contributed by atoms with Crippen molar-refractivity contribution >= 4 is 17.6 Å². The molecule has 2 rings (SSSR count). The van der Waals surface area contributed by atoms with Crippen molar-refractivity contribution in [1.82, 2.24) is 5.06 Å². The molecule has 0 N–H and O–H groups in total.